The molecule has 0 rings (SSSR count). The molecule has 1 unspecified atom stereocenters. The van der Waals surface area contributed by atoms with Crippen molar-refractivity contribution in [2.75, 3.05) is 12.3 Å². The van der Waals surface area contributed by atoms with Crippen LogP contribution in [0.25, 0.3) is 0 Å². The normalized spacial score (nSPS) is 16.4. The van der Waals surface area contributed by atoms with Gasteiger partial charge in [0.1, 0.15) is 6.16 Å². The van der Waals surface area contributed by atoms with E-state index in [1.807, 2.05) is 0 Å². The lowest BCUT2D eigenvalue weighted by Gasteiger charge is -2.10. The molecule has 0 aromatic heterocycles. The van der Waals surface area contributed by atoms with E-state index in [2.05, 4.69) is 0 Å². The van der Waals surface area contributed by atoms with Gasteiger partial charge >= 0.3 is 5.97 Å². The number of carboxylic acids is 1. The molecule has 0 aliphatic rings. The molecule has 0 fully saturated rings. The van der Waals surface area contributed by atoms with E-state index in [1.54, 1.807) is 13.8 Å². The first-order valence-electron chi connectivity index (χ1n) is 3.36. The smallest absolute Gasteiger partial charge is 0.313 e. The van der Waals surface area contributed by atoms with E-state index in [1.165, 1.54) is 0 Å². The Labute approximate surface area is 65.7 Å². The van der Waals surface area contributed by atoms with Crippen LogP contribution >= 0.6 is 7.37 Å². The van der Waals surface area contributed by atoms with Crippen LogP contribution < -0.4 is 0 Å². The quantitative estimate of drug-likeness (QED) is 0.633. The highest BCUT2D eigenvalue weighted by Gasteiger charge is 2.23. The van der Waals surface area contributed by atoms with Gasteiger partial charge in [-0.05, 0) is 5.92 Å². The van der Waals surface area contributed by atoms with E-state index in [0.29, 0.717) is 0 Å². The van der Waals surface area contributed by atoms with E-state index in [0.717, 1.165) is 0 Å². The van der Waals surface area contributed by atoms with Gasteiger partial charge in [-0.25, -0.2) is 0 Å². The standard InChI is InChI=1S/C6H13O4P/c1-5(2)3-11(9,10)4-6(7)8/h5H,3-4H2,1-2H3,(H,7,8)(H,9,10). The summed E-state index contributed by atoms with van der Waals surface area (Å²) in [5.74, 6) is -1.15. The number of hydrogen-bond acceptors (Lipinski definition) is 2. The van der Waals surface area contributed by atoms with Gasteiger partial charge in [-0.1, -0.05) is 13.8 Å². The summed E-state index contributed by atoms with van der Waals surface area (Å²) in [6.07, 6.45) is -0.537. The van der Waals surface area contributed by atoms with Gasteiger partial charge < -0.3 is 10.00 Å². The van der Waals surface area contributed by atoms with E-state index in [4.69, 9.17) is 10.00 Å². The maximum atomic E-state index is 11.0. The molecule has 0 radical (unpaired) electrons. The summed E-state index contributed by atoms with van der Waals surface area (Å²) in [5, 5.41) is 8.23. The van der Waals surface area contributed by atoms with Crippen LogP contribution in [-0.2, 0) is 9.36 Å². The summed E-state index contributed by atoms with van der Waals surface area (Å²) in [6.45, 7) is 3.56. The average molecular weight is 180 g/mol. The van der Waals surface area contributed by atoms with Crippen LogP contribution in [0, 0.1) is 5.92 Å². The van der Waals surface area contributed by atoms with Crippen molar-refractivity contribution < 1.29 is 19.4 Å². The largest absolute Gasteiger partial charge is 0.481 e. The van der Waals surface area contributed by atoms with E-state index < -0.39 is 19.5 Å². The SMILES string of the molecule is CC(C)CP(=O)(O)CC(=O)O. The zero-order valence-corrected chi connectivity index (χ0v) is 7.54. The van der Waals surface area contributed by atoms with Crippen molar-refractivity contribution in [2.24, 2.45) is 5.92 Å². The molecule has 5 heteroatoms. The van der Waals surface area contributed by atoms with Crippen molar-refractivity contribution in [3.63, 3.8) is 0 Å². The Morgan fingerprint density at radius 3 is 2.27 bits per heavy atom. The van der Waals surface area contributed by atoms with Crippen LogP contribution in [-0.4, -0.2) is 28.3 Å². The van der Waals surface area contributed by atoms with Gasteiger partial charge in [0, 0.05) is 6.16 Å². The molecule has 0 aromatic carbocycles. The predicted octanol–water partition coefficient (Wildman–Crippen LogP) is 0.997. The van der Waals surface area contributed by atoms with Gasteiger partial charge in [0.15, 0.2) is 0 Å². The molecular weight excluding hydrogens is 167 g/mol. The van der Waals surface area contributed by atoms with Crippen molar-refractivity contribution in [3.05, 3.63) is 0 Å². The van der Waals surface area contributed by atoms with Crippen molar-refractivity contribution in [2.45, 2.75) is 13.8 Å². The predicted molar refractivity (Wildman–Crippen MR) is 42.0 cm³/mol. The zero-order valence-electron chi connectivity index (χ0n) is 6.65. The molecule has 0 aliphatic carbocycles. The molecule has 66 valence electrons. The molecule has 0 bridgehead atoms. The van der Waals surface area contributed by atoms with Crippen LogP contribution in [0.2, 0.25) is 0 Å². The summed E-state index contributed by atoms with van der Waals surface area (Å²) in [7, 11) is -3.40. The van der Waals surface area contributed by atoms with Gasteiger partial charge in [0.2, 0.25) is 7.37 Å². The fourth-order valence-electron chi connectivity index (χ4n) is 0.846. The maximum Gasteiger partial charge on any atom is 0.313 e. The molecule has 0 heterocycles. The molecule has 0 aromatic rings. The first-order valence-corrected chi connectivity index (χ1v) is 5.39. The Morgan fingerprint density at radius 1 is 1.55 bits per heavy atom. The van der Waals surface area contributed by atoms with Crippen molar-refractivity contribution in [1.29, 1.82) is 0 Å². The third kappa shape index (κ3) is 6.07. The Hall–Kier alpha value is -0.340. The summed E-state index contributed by atoms with van der Waals surface area (Å²) in [6, 6.07) is 0. The van der Waals surface area contributed by atoms with Gasteiger partial charge in [0.25, 0.3) is 0 Å². The zero-order chi connectivity index (χ0) is 9.07. The first kappa shape index (κ1) is 10.7. The molecule has 11 heavy (non-hydrogen) atoms. The van der Waals surface area contributed by atoms with Crippen LogP contribution in [0.5, 0.6) is 0 Å². The minimum Gasteiger partial charge on any atom is -0.481 e. The Kier molecular flexibility index (Phi) is 3.76. The Morgan fingerprint density at radius 2 is 2.00 bits per heavy atom. The molecule has 0 amide bonds. The first-order chi connectivity index (χ1) is 4.83. The molecule has 4 nitrogen and oxygen atoms in total. The van der Waals surface area contributed by atoms with Crippen LogP contribution in [0.15, 0.2) is 0 Å². The number of aliphatic carboxylic acids is 1. The molecular formula is C6H13O4P. The molecule has 0 saturated carbocycles. The van der Waals surface area contributed by atoms with E-state index in [9.17, 15) is 9.36 Å². The minimum absolute atomic E-state index is 0.0604. The summed E-state index contributed by atoms with van der Waals surface area (Å²) in [4.78, 5) is 19.1. The van der Waals surface area contributed by atoms with Crippen LogP contribution in [0.4, 0.5) is 0 Å². The summed E-state index contributed by atoms with van der Waals surface area (Å²) >= 11 is 0. The van der Waals surface area contributed by atoms with Gasteiger partial charge in [0.05, 0.1) is 0 Å². The minimum atomic E-state index is -3.40. The van der Waals surface area contributed by atoms with Crippen molar-refractivity contribution in [3.8, 4) is 0 Å². The van der Waals surface area contributed by atoms with Crippen LogP contribution in [0.3, 0.4) is 0 Å². The van der Waals surface area contributed by atoms with Gasteiger partial charge in [-0.3, -0.25) is 9.36 Å². The highest BCUT2D eigenvalue weighted by Crippen LogP contribution is 2.41. The monoisotopic (exact) mass is 180 g/mol. The number of carboxylic acid groups (broad SMARTS) is 1. The molecule has 1 atom stereocenters. The highest BCUT2D eigenvalue weighted by atomic mass is 31.2. The highest BCUT2D eigenvalue weighted by molar-refractivity contribution is 7.58. The average Bonchev–Trinajstić information content (AvgIpc) is 1.53. The lowest BCUT2D eigenvalue weighted by atomic mass is 10.3. The Balaban J connectivity index is 4.01. The number of carbonyl (C=O) groups is 1. The fraction of sp³-hybridized carbons (Fsp3) is 0.833. The molecule has 0 saturated heterocycles. The lowest BCUT2D eigenvalue weighted by molar-refractivity contribution is -0.134. The van der Waals surface area contributed by atoms with Crippen molar-refractivity contribution in [1.82, 2.24) is 0 Å². The van der Waals surface area contributed by atoms with E-state index >= 15 is 0 Å². The van der Waals surface area contributed by atoms with Gasteiger partial charge in [-0.15, -0.1) is 0 Å². The summed E-state index contributed by atoms with van der Waals surface area (Å²) in [5.41, 5.74) is 0. The maximum absolute atomic E-state index is 11.0. The molecule has 0 aliphatic heterocycles. The second-order valence-corrected chi connectivity index (χ2v) is 5.35. The van der Waals surface area contributed by atoms with E-state index in [-0.39, 0.29) is 12.1 Å². The van der Waals surface area contributed by atoms with Crippen molar-refractivity contribution >= 4 is 13.3 Å². The third-order valence-electron chi connectivity index (χ3n) is 1.03. The summed E-state index contributed by atoms with van der Waals surface area (Å²) < 4.78 is 11.0. The Bertz CT molecular complexity index is 187. The fourth-order valence-corrected chi connectivity index (χ4v) is 2.54. The molecule has 0 spiro atoms. The number of hydrogen-bond donors (Lipinski definition) is 2. The third-order valence-corrected chi connectivity index (χ3v) is 3.10. The topological polar surface area (TPSA) is 74.6 Å². The lowest BCUT2D eigenvalue weighted by Crippen LogP contribution is -2.08. The van der Waals surface area contributed by atoms with Crippen LogP contribution in [0.1, 0.15) is 13.8 Å². The second-order valence-electron chi connectivity index (χ2n) is 2.97. The van der Waals surface area contributed by atoms with Gasteiger partial charge in [-0.2, -0.15) is 0 Å². The second kappa shape index (κ2) is 3.88. The number of rotatable bonds is 4. The molecule has 2 N–H and O–H groups in total.